The Labute approximate surface area is 118 Å². The first-order valence-electron chi connectivity index (χ1n) is 5.80. The molecule has 1 aromatic rings. The van der Waals surface area contributed by atoms with Crippen molar-refractivity contribution in [1.29, 1.82) is 0 Å². The Morgan fingerprint density at radius 2 is 1.95 bits per heavy atom. The second-order valence-corrected chi connectivity index (χ2v) is 4.12. The molecule has 0 bridgehead atoms. The topological polar surface area (TPSA) is 96.9 Å². The third-order valence-electron chi connectivity index (χ3n) is 2.25. The summed E-state index contributed by atoms with van der Waals surface area (Å²) in [6.07, 6.45) is -4.23. The molecule has 0 saturated heterocycles. The normalized spacial score (nSPS) is 12.2. The minimum atomic E-state index is -4.46. The van der Waals surface area contributed by atoms with Crippen LogP contribution >= 0.6 is 0 Å². The van der Waals surface area contributed by atoms with E-state index >= 15 is 0 Å². The molecule has 1 rings (SSSR count). The highest BCUT2D eigenvalue weighted by Gasteiger charge is 2.27. The lowest BCUT2D eigenvalue weighted by Crippen LogP contribution is -2.24. The molecule has 6 nitrogen and oxygen atoms in total. The molecule has 0 radical (unpaired) electrons. The number of carbonyl (C=O) groups is 1. The van der Waals surface area contributed by atoms with Crippen LogP contribution in [0.25, 0.3) is 0 Å². The fourth-order valence-electron chi connectivity index (χ4n) is 1.41. The first-order valence-corrected chi connectivity index (χ1v) is 5.80. The molecular formula is C12H14F3N3O3. The molecule has 0 atom stereocenters. The molecule has 0 heterocycles. The van der Waals surface area contributed by atoms with Crippen molar-refractivity contribution in [3.8, 4) is 0 Å². The zero-order valence-corrected chi connectivity index (χ0v) is 10.9. The standard InChI is InChI=1S/C12H14F3N3O3/c13-12(14,15)7-21-6-11(19)17-9-3-1-8(2-4-9)5-10(16)18-20/h1-4,20H,5-7H2,(H2,16,18)(H,17,19). The van der Waals surface area contributed by atoms with Crippen molar-refractivity contribution in [3.63, 3.8) is 0 Å². The van der Waals surface area contributed by atoms with Gasteiger partial charge in [-0.2, -0.15) is 13.2 Å². The molecule has 0 aliphatic heterocycles. The lowest BCUT2D eigenvalue weighted by atomic mass is 10.1. The Morgan fingerprint density at radius 1 is 1.33 bits per heavy atom. The monoisotopic (exact) mass is 305 g/mol. The molecule has 0 aliphatic rings. The number of benzene rings is 1. The Hall–Kier alpha value is -2.29. The summed E-state index contributed by atoms with van der Waals surface area (Å²) in [6, 6.07) is 6.34. The highest BCUT2D eigenvalue weighted by molar-refractivity contribution is 5.91. The minimum Gasteiger partial charge on any atom is -0.409 e. The maximum Gasteiger partial charge on any atom is 0.411 e. The maximum atomic E-state index is 11.8. The van der Waals surface area contributed by atoms with Crippen molar-refractivity contribution >= 4 is 17.4 Å². The Balaban J connectivity index is 2.43. The summed E-state index contributed by atoms with van der Waals surface area (Å²) in [5, 5.41) is 13.6. The lowest BCUT2D eigenvalue weighted by Gasteiger charge is -2.08. The Morgan fingerprint density at radius 3 is 2.48 bits per heavy atom. The lowest BCUT2D eigenvalue weighted by molar-refractivity contribution is -0.174. The molecule has 9 heteroatoms. The van der Waals surface area contributed by atoms with Crippen molar-refractivity contribution in [1.82, 2.24) is 0 Å². The smallest absolute Gasteiger partial charge is 0.409 e. The van der Waals surface area contributed by atoms with Crippen LogP contribution in [0, 0.1) is 0 Å². The van der Waals surface area contributed by atoms with Gasteiger partial charge in [0.1, 0.15) is 19.0 Å². The van der Waals surface area contributed by atoms with E-state index in [4.69, 9.17) is 10.9 Å². The summed E-state index contributed by atoms with van der Waals surface area (Å²) in [6.45, 7) is -2.16. The van der Waals surface area contributed by atoms with Gasteiger partial charge in [-0.15, -0.1) is 0 Å². The molecule has 1 aromatic carbocycles. The van der Waals surface area contributed by atoms with E-state index in [2.05, 4.69) is 15.2 Å². The van der Waals surface area contributed by atoms with Gasteiger partial charge in [0.2, 0.25) is 5.91 Å². The van der Waals surface area contributed by atoms with Gasteiger partial charge in [-0.1, -0.05) is 17.3 Å². The van der Waals surface area contributed by atoms with Gasteiger partial charge >= 0.3 is 6.18 Å². The number of oxime groups is 1. The summed E-state index contributed by atoms with van der Waals surface area (Å²) in [5.41, 5.74) is 6.48. The number of amidine groups is 1. The van der Waals surface area contributed by atoms with Crippen LogP contribution in [0.1, 0.15) is 5.56 Å². The second kappa shape index (κ2) is 7.48. The first kappa shape index (κ1) is 16.8. The van der Waals surface area contributed by atoms with Gasteiger partial charge in [-0.25, -0.2) is 0 Å². The average molecular weight is 305 g/mol. The van der Waals surface area contributed by atoms with Crippen LogP contribution in [0.2, 0.25) is 0 Å². The molecule has 0 unspecified atom stereocenters. The van der Waals surface area contributed by atoms with Gasteiger partial charge < -0.3 is 21.0 Å². The van der Waals surface area contributed by atoms with E-state index in [0.29, 0.717) is 5.69 Å². The third-order valence-corrected chi connectivity index (χ3v) is 2.25. The number of nitrogens with zero attached hydrogens (tertiary/aromatic N) is 1. The zero-order chi connectivity index (χ0) is 15.9. The van der Waals surface area contributed by atoms with Gasteiger partial charge in [0.05, 0.1) is 0 Å². The van der Waals surface area contributed by atoms with Crippen LogP contribution in [0.4, 0.5) is 18.9 Å². The number of hydrogen-bond donors (Lipinski definition) is 3. The fourth-order valence-corrected chi connectivity index (χ4v) is 1.41. The molecule has 0 aromatic heterocycles. The zero-order valence-electron chi connectivity index (χ0n) is 10.9. The van der Waals surface area contributed by atoms with Gasteiger partial charge in [0.15, 0.2) is 0 Å². The molecule has 0 saturated carbocycles. The molecule has 4 N–H and O–H groups in total. The number of ether oxygens (including phenoxy) is 1. The number of alkyl halides is 3. The van der Waals surface area contributed by atoms with E-state index in [1.54, 1.807) is 24.3 Å². The fraction of sp³-hybridized carbons (Fsp3) is 0.333. The van der Waals surface area contributed by atoms with Gasteiger partial charge in [0, 0.05) is 12.1 Å². The number of amides is 1. The Kier molecular flexibility index (Phi) is 5.97. The van der Waals surface area contributed by atoms with Crippen molar-refractivity contribution < 1.29 is 27.9 Å². The van der Waals surface area contributed by atoms with Crippen LogP contribution in [0.3, 0.4) is 0 Å². The van der Waals surface area contributed by atoms with Crippen molar-refractivity contribution in [2.45, 2.75) is 12.6 Å². The summed E-state index contributed by atoms with van der Waals surface area (Å²) < 4.78 is 39.7. The predicted octanol–water partition coefficient (Wildman–Crippen LogP) is 1.49. The van der Waals surface area contributed by atoms with Crippen LogP contribution in [-0.4, -0.2) is 36.3 Å². The van der Waals surface area contributed by atoms with E-state index in [9.17, 15) is 18.0 Å². The maximum absolute atomic E-state index is 11.8. The highest BCUT2D eigenvalue weighted by atomic mass is 19.4. The van der Waals surface area contributed by atoms with Gasteiger partial charge in [-0.05, 0) is 17.7 Å². The SMILES string of the molecule is N/C(Cc1ccc(NC(=O)COCC(F)(F)F)cc1)=N/O. The number of nitrogens with two attached hydrogens (primary N) is 1. The molecule has 0 spiro atoms. The van der Waals surface area contributed by atoms with Crippen molar-refractivity contribution in [2.75, 3.05) is 18.5 Å². The second-order valence-electron chi connectivity index (χ2n) is 4.12. The van der Waals surface area contributed by atoms with Crippen LogP contribution in [-0.2, 0) is 16.0 Å². The number of carbonyl (C=O) groups excluding carboxylic acids is 1. The molecule has 1 amide bonds. The largest absolute Gasteiger partial charge is 0.411 e. The van der Waals surface area contributed by atoms with Crippen LogP contribution in [0.5, 0.6) is 0 Å². The highest BCUT2D eigenvalue weighted by Crippen LogP contribution is 2.14. The van der Waals surface area contributed by atoms with E-state index in [1.165, 1.54) is 0 Å². The van der Waals surface area contributed by atoms with E-state index < -0.39 is 25.3 Å². The molecule has 0 aliphatic carbocycles. The predicted molar refractivity (Wildman–Crippen MR) is 69.1 cm³/mol. The molecule has 0 fully saturated rings. The number of halogens is 3. The van der Waals surface area contributed by atoms with Gasteiger partial charge in [-0.3, -0.25) is 4.79 Å². The first-order chi connectivity index (χ1) is 9.80. The number of rotatable bonds is 6. The van der Waals surface area contributed by atoms with Crippen molar-refractivity contribution in [2.24, 2.45) is 10.9 Å². The quantitative estimate of drug-likeness (QED) is 0.321. The average Bonchev–Trinajstić information content (AvgIpc) is 2.39. The summed E-state index contributed by atoms with van der Waals surface area (Å²) in [4.78, 5) is 11.3. The number of anilines is 1. The summed E-state index contributed by atoms with van der Waals surface area (Å²) in [7, 11) is 0. The third kappa shape index (κ3) is 7.16. The van der Waals surface area contributed by atoms with Crippen molar-refractivity contribution in [3.05, 3.63) is 29.8 Å². The van der Waals surface area contributed by atoms with Crippen LogP contribution in [0.15, 0.2) is 29.4 Å². The van der Waals surface area contributed by atoms with Gasteiger partial charge in [0.25, 0.3) is 0 Å². The molecule has 21 heavy (non-hydrogen) atoms. The summed E-state index contributed by atoms with van der Waals surface area (Å²) in [5.74, 6) is -0.657. The van der Waals surface area contributed by atoms with Crippen LogP contribution < -0.4 is 11.1 Å². The minimum absolute atomic E-state index is 0.0346. The number of hydrogen-bond acceptors (Lipinski definition) is 4. The molecular weight excluding hydrogens is 291 g/mol. The number of nitrogens with one attached hydrogen (secondary N) is 1. The van der Waals surface area contributed by atoms with E-state index in [0.717, 1.165) is 5.56 Å². The van der Waals surface area contributed by atoms with E-state index in [-0.39, 0.29) is 12.3 Å². The molecule has 116 valence electrons. The Bertz CT molecular complexity index is 501. The summed E-state index contributed by atoms with van der Waals surface area (Å²) >= 11 is 0. The van der Waals surface area contributed by atoms with E-state index in [1.807, 2.05) is 0 Å².